The third-order valence-corrected chi connectivity index (χ3v) is 4.02. The van der Waals surface area contributed by atoms with Crippen molar-refractivity contribution in [2.45, 2.75) is 20.0 Å². The highest BCUT2D eigenvalue weighted by Crippen LogP contribution is 2.34. The molecule has 3 rings (SSSR count). The van der Waals surface area contributed by atoms with Crippen molar-refractivity contribution in [2.75, 3.05) is 11.4 Å². The molecule has 0 radical (unpaired) electrons. The summed E-state index contributed by atoms with van der Waals surface area (Å²) in [5, 5.41) is 9.83. The lowest BCUT2D eigenvalue weighted by Gasteiger charge is -2.34. The fourth-order valence-electron chi connectivity index (χ4n) is 2.75. The maximum Gasteiger partial charge on any atom is 0.133 e. The van der Waals surface area contributed by atoms with Gasteiger partial charge in [-0.25, -0.2) is 4.98 Å². The second-order valence-electron chi connectivity index (χ2n) is 5.30. The van der Waals surface area contributed by atoms with Crippen LogP contribution >= 0.6 is 11.6 Å². The quantitative estimate of drug-likeness (QED) is 0.918. The number of hydrogen-bond acceptors (Lipinski definition) is 3. The molecule has 0 saturated heterocycles. The molecular weight excluding hydrogens is 272 g/mol. The minimum atomic E-state index is -0.141. The third kappa shape index (κ3) is 2.39. The molecule has 4 heteroatoms. The zero-order valence-corrected chi connectivity index (χ0v) is 12.1. The summed E-state index contributed by atoms with van der Waals surface area (Å²) in [6, 6.07) is 12.1. The van der Waals surface area contributed by atoms with Crippen molar-refractivity contribution >= 4 is 23.1 Å². The molecule has 1 aromatic carbocycles. The molecule has 1 aromatic heterocycles. The molecule has 1 aliphatic rings. The third-order valence-electron chi connectivity index (χ3n) is 3.68. The van der Waals surface area contributed by atoms with Gasteiger partial charge in [0.05, 0.1) is 17.3 Å². The molecule has 1 N–H and O–H groups in total. The van der Waals surface area contributed by atoms with Gasteiger partial charge in [0.25, 0.3) is 0 Å². The Kier molecular flexibility index (Phi) is 3.64. The molecular formula is C16H17ClN2O. The monoisotopic (exact) mass is 288 g/mol. The van der Waals surface area contributed by atoms with Gasteiger partial charge >= 0.3 is 0 Å². The van der Waals surface area contributed by atoms with Gasteiger partial charge in [0.15, 0.2) is 0 Å². The fourth-order valence-corrected chi connectivity index (χ4v) is 2.91. The number of anilines is 2. The molecule has 3 nitrogen and oxygen atoms in total. The first-order chi connectivity index (χ1) is 9.69. The Hall–Kier alpha value is -1.58. The molecule has 104 valence electrons. The molecule has 2 heterocycles. The summed E-state index contributed by atoms with van der Waals surface area (Å²) in [6.07, 6.45) is 1.09. The maximum atomic E-state index is 9.32. The van der Waals surface area contributed by atoms with Crippen LogP contribution in [0, 0.1) is 5.92 Å². The van der Waals surface area contributed by atoms with E-state index in [2.05, 4.69) is 35.0 Å². The van der Waals surface area contributed by atoms with E-state index in [0.717, 1.165) is 18.8 Å². The average Bonchev–Trinajstić information content (AvgIpc) is 2.47. The molecule has 0 bridgehead atoms. The van der Waals surface area contributed by atoms with Crippen molar-refractivity contribution in [2.24, 2.45) is 5.92 Å². The van der Waals surface area contributed by atoms with Crippen LogP contribution in [-0.2, 0) is 13.0 Å². The average molecular weight is 289 g/mol. The Morgan fingerprint density at radius 1 is 1.30 bits per heavy atom. The van der Waals surface area contributed by atoms with Crippen molar-refractivity contribution in [3.63, 3.8) is 0 Å². The van der Waals surface area contributed by atoms with Crippen molar-refractivity contribution in [3.05, 3.63) is 52.7 Å². The van der Waals surface area contributed by atoms with Gasteiger partial charge in [-0.3, -0.25) is 0 Å². The van der Waals surface area contributed by atoms with E-state index in [0.29, 0.717) is 16.6 Å². The van der Waals surface area contributed by atoms with Crippen molar-refractivity contribution in [3.8, 4) is 0 Å². The normalized spacial score (nSPS) is 17.9. The fraction of sp³-hybridized carbons (Fsp3) is 0.312. The van der Waals surface area contributed by atoms with Crippen LogP contribution in [0.25, 0.3) is 0 Å². The molecule has 0 amide bonds. The van der Waals surface area contributed by atoms with Crippen LogP contribution in [0.5, 0.6) is 0 Å². The van der Waals surface area contributed by atoms with Crippen LogP contribution in [0.3, 0.4) is 0 Å². The number of aliphatic hydroxyl groups excluding tert-OH is 1. The van der Waals surface area contributed by atoms with Gasteiger partial charge in [0, 0.05) is 12.2 Å². The van der Waals surface area contributed by atoms with E-state index in [9.17, 15) is 5.11 Å². The summed E-state index contributed by atoms with van der Waals surface area (Å²) in [5.74, 6) is 1.41. The lowest BCUT2D eigenvalue weighted by Crippen LogP contribution is -2.31. The van der Waals surface area contributed by atoms with E-state index in [1.165, 1.54) is 11.3 Å². The van der Waals surface area contributed by atoms with Crippen LogP contribution in [0.1, 0.15) is 18.2 Å². The highest BCUT2D eigenvalue weighted by atomic mass is 35.5. The Morgan fingerprint density at radius 3 is 2.90 bits per heavy atom. The SMILES string of the molecule is CC1Cc2ccccc2N(c2ccc(Cl)c(CO)n2)C1. The van der Waals surface area contributed by atoms with Gasteiger partial charge < -0.3 is 10.0 Å². The van der Waals surface area contributed by atoms with Gasteiger partial charge in [0.2, 0.25) is 0 Å². The summed E-state index contributed by atoms with van der Waals surface area (Å²) in [5.41, 5.74) is 3.07. The topological polar surface area (TPSA) is 36.4 Å². The molecule has 0 fully saturated rings. The first-order valence-corrected chi connectivity index (χ1v) is 7.18. The first-order valence-electron chi connectivity index (χ1n) is 6.80. The summed E-state index contributed by atoms with van der Waals surface area (Å²) >= 11 is 6.02. The largest absolute Gasteiger partial charge is 0.390 e. The minimum Gasteiger partial charge on any atom is -0.390 e. The van der Waals surface area contributed by atoms with Crippen molar-refractivity contribution in [1.29, 1.82) is 0 Å². The summed E-state index contributed by atoms with van der Waals surface area (Å²) in [4.78, 5) is 6.70. The van der Waals surface area contributed by atoms with Gasteiger partial charge in [-0.2, -0.15) is 0 Å². The number of aromatic nitrogens is 1. The Balaban J connectivity index is 2.06. The lowest BCUT2D eigenvalue weighted by atomic mass is 9.94. The van der Waals surface area contributed by atoms with Crippen molar-refractivity contribution in [1.82, 2.24) is 4.98 Å². The van der Waals surface area contributed by atoms with E-state index >= 15 is 0 Å². The van der Waals surface area contributed by atoms with E-state index in [1.54, 1.807) is 6.07 Å². The number of aliphatic hydroxyl groups is 1. The lowest BCUT2D eigenvalue weighted by molar-refractivity contribution is 0.277. The molecule has 0 saturated carbocycles. The summed E-state index contributed by atoms with van der Waals surface area (Å²) in [6.45, 7) is 3.03. The summed E-state index contributed by atoms with van der Waals surface area (Å²) < 4.78 is 0. The van der Waals surface area contributed by atoms with E-state index in [-0.39, 0.29) is 6.61 Å². The predicted molar refractivity (Wildman–Crippen MR) is 81.5 cm³/mol. The number of halogens is 1. The molecule has 0 spiro atoms. The summed E-state index contributed by atoms with van der Waals surface area (Å²) in [7, 11) is 0. The number of para-hydroxylation sites is 1. The standard InChI is InChI=1S/C16H17ClN2O/c1-11-8-12-4-2-3-5-15(12)19(9-11)16-7-6-13(17)14(10-20)18-16/h2-7,11,20H,8-10H2,1H3. The number of hydrogen-bond donors (Lipinski definition) is 1. The number of benzene rings is 1. The smallest absolute Gasteiger partial charge is 0.133 e. The molecule has 0 aliphatic carbocycles. The van der Waals surface area contributed by atoms with Crippen LogP contribution in [0.2, 0.25) is 5.02 Å². The minimum absolute atomic E-state index is 0.141. The van der Waals surface area contributed by atoms with Gasteiger partial charge in [-0.1, -0.05) is 36.7 Å². The van der Waals surface area contributed by atoms with Gasteiger partial charge in [-0.05, 0) is 36.1 Å². The zero-order chi connectivity index (χ0) is 14.1. The van der Waals surface area contributed by atoms with Crippen LogP contribution in [0.15, 0.2) is 36.4 Å². The Labute approximate surface area is 123 Å². The Bertz CT molecular complexity index is 630. The highest BCUT2D eigenvalue weighted by molar-refractivity contribution is 6.31. The number of pyridine rings is 1. The Morgan fingerprint density at radius 2 is 2.10 bits per heavy atom. The number of fused-ring (bicyclic) bond motifs is 1. The van der Waals surface area contributed by atoms with Crippen LogP contribution in [-0.4, -0.2) is 16.6 Å². The van der Waals surface area contributed by atoms with E-state index in [4.69, 9.17) is 11.6 Å². The maximum absolute atomic E-state index is 9.32. The van der Waals surface area contributed by atoms with Gasteiger partial charge in [0.1, 0.15) is 5.82 Å². The predicted octanol–water partition coefficient (Wildman–Crippen LogP) is 3.56. The van der Waals surface area contributed by atoms with E-state index in [1.807, 2.05) is 12.1 Å². The second-order valence-corrected chi connectivity index (χ2v) is 5.71. The number of nitrogens with zero attached hydrogens (tertiary/aromatic N) is 2. The molecule has 20 heavy (non-hydrogen) atoms. The van der Waals surface area contributed by atoms with Crippen LogP contribution < -0.4 is 4.90 Å². The molecule has 1 atom stereocenters. The number of rotatable bonds is 2. The first kappa shape index (κ1) is 13.4. The van der Waals surface area contributed by atoms with E-state index < -0.39 is 0 Å². The highest BCUT2D eigenvalue weighted by Gasteiger charge is 2.23. The molecule has 2 aromatic rings. The second kappa shape index (κ2) is 5.43. The van der Waals surface area contributed by atoms with Crippen LogP contribution in [0.4, 0.5) is 11.5 Å². The van der Waals surface area contributed by atoms with Gasteiger partial charge in [-0.15, -0.1) is 0 Å². The van der Waals surface area contributed by atoms with Crippen molar-refractivity contribution < 1.29 is 5.11 Å². The molecule has 1 aliphatic heterocycles. The molecule has 1 unspecified atom stereocenters. The zero-order valence-electron chi connectivity index (χ0n) is 11.4.